The highest BCUT2D eigenvalue weighted by atomic mass is 32.2. The molecule has 33 heavy (non-hydrogen) atoms. The summed E-state index contributed by atoms with van der Waals surface area (Å²) >= 11 is 6.50. The summed E-state index contributed by atoms with van der Waals surface area (Å²) in [6, 6.07) is 12.7. The summed E-state index contributed by atoms with van der Waals surface area (Å²) in [6.07, 6.45) is 1.72. The Morgan fingerprint density at radius 2 is 1.82 bits per heavy atom. The molecule has 0 atom stereocenters. The molecule has 2 aliphatic heterocycles. The summed E-state index contributed by atoms with van der Waals surface area (Å²) in [4.78, 5) is 38.9. The van der Waals surface area contributed by atoms with Crippen molar-refractivity contribution in [3.8, 4) is 5.75 Å². The third kappa shape index (κ3) is 5.38. The van der Waals surface area contributed by atoms with E-state index in [1.807, 2.05) is 0 Å². The minimum Gasteiger partial charge on any atom is -0.484 e. The second kappa shape index (κ2) is 10.1. The van der Waals surface area contributed by atoms with Gasteiger partial charge in [-0.25, -0.2) is 0 Å². The Morgan fingerprint density at radius 1 is 1.15 bits per heavy atom. The van der Waals surface area contributed by atoms with Crippen molar-refractivity contribution in [1.82, 2.24) is 4.90 Å². The van der Waals surface area contributed by atoms with Crippen molar-refractivity contribution in [1.29, 1.82) is 0 Å². The van der Waals surface area contributed by atoms with Crippen molar-refractivity contribution in [2.45, 2.75) is 0 Å². The molecule has 11 heteroatoms. The summed E-state index contributed by atoms with van der Waals surface area (Å²) < 4.78 is 11.2. The van der Waals surface area contributed by atoms with E-state index < -0.39 is 4.92 Å². The number of anilines is 1. The Labute approximate surface area is 199 Å². The minimum atomic E-state index is -0.500. The van der Waals surface area contributed by atoms with Crippen molar-refractivity contribution in [3.63, 3.8) is 0 Å². The van der Waals surface area contributed by atoms with Crippen LogP contribution in [-0.4, -0.2) is 58.9 Å². The lowest BCUT2D eigenvalue weighted by Crippen LogP contribution is -2.42. The number of thioether (sulfide) groups is 1. The maximum atomic E-state index is 12.9. The van der Waals surface area contributed by atoms with Crippen molar-refractivity contribution in [3.05, 3.63) is 69.1 Å². The molecule has 0 bridgehead atoms. The summed E-state index contributed by atoms with van der Waals surface area (Å²) in [6.45, 7) is 2.17. The number of thiocarbonyl (C=S) groups is 1. The molecule has 2 saturated heterocycles. The summed E-state index contributed by atoms with van der Waals surface area (Å²) in [7, 11) is 0. The van der Waals surface area contributed by atoms with Crippen LogP contribution in [0.5, 0.6) is 5.75 Å². The van der Waals surface area contributed by atoms with Gasteiger partial charge in [0.25, 0.3) is 17.5 Å². The number of morpholine rings is 1. The van der Waals surface area contributed by atoms with Gasteiger partial charge < -0.3 is 14.4 Å². The van der Waals surface area contributed by atoms with Crippen molar-refractivity contribution in [2.24, 2.45) is 0 Å². The van der Waals surface area contributed by atoms with Crippen LogP contribution in [0.2, 0.25) is 0 Å². The molecule has 0 saturated carbocycles. The molecule has 2 aliphatic rings. The summed E-state index contributed by atoms with van der Waals surface area (Å²) in [5.74, 6) is 0.166. The lowest BCUT2D eigenvalue weighted by Gasteiger charge is -2.26. The summed E-state index contributed by atoms with van der Waals surface area (Å²) in [5.41, 5.74) is 1.18. The van der Waals surface area contributed by atoms with Crippen LogP contribution in [0.1, 0.15) is 5.56 Å². The van der Waals surface area contributed by atoms with Gasteiger partial charge in [-0.15, -0.1) is 0 Å². The highest BCUT2D eigenvalue weighted by Gasteiger charge is 2.33. The number of ether oxygens (including phenoxy) is 2. The van der Waals surface area contributed by atoms with Crippen LogP contribution < -0.4 is 9.64 Å². The van der Waals surface area contributed by atoms with Crippen molar-refractivity contribution in [2.75, 3.05) is 37.8 Å². The second-order valence-corrected chi connectivity index (χ2v) is 8.82. The van der Waals surface area contributed by atoms with E-state index in [1.54, 1.807) is 35.2 Å². The lowest BCUT2D eigenvalue weighted by molar-refractivity contribution is -0.384. The Bertz CT molecular complexity index is 1110. The number of carbonyl (C=O) groups excluding carboxylic acids is 2. The number of hydrogen-bond acceptors (Lipinski definition) is 8. The molecule has 0 spiro atoms. The van der Waals surface area contributed by atoms with Crippen LogP contribution >= 0.6 is 24.0 Å². The maximum Gasteiger partial charge on any atom is 0.270 e. The Morgan fingerprint density at radius 3 is 2.45 bits per heavy atom. The van der Waals surface area contributed by atoms with Gasteiger partial charge in [-0.1, -0.05) is 36.1 Å². The number of nitro benzene ring substituents is 1. The van der Waals surface area contributed by atoms with Crippen LogP contribution in [0.3, 0.4) is 0 Å². The zero-order valence-corrected chi connectivity index (χ0v) is 19.0. The molecule has 2 aromatic rings. The average Bonchev–Trinajstić information content (AvgIpc) is 3.11. The summed E-state index contributed by atoms with van der Waals surface area (Å²) in [5, 5.41) is 10.8. The first-order valence-electron chi connectivity index (χ1n) is 10.0. The van der Waals surface area contributed by atoms with E-state index in [2.05, 4.69) is 0 Å². The van der Waals surface area contributed by atoms with E-state index in [4.69, 9.17) is 21.7 Å². The monoisotopic (exact) mass is 485 g/mol. The molecule has 0 aliphatic carbocycles. The lowest BCUT2D eigenvalue weighted by atomic mass is 10.2. The topological polar surface area (TPSA) is 102 Å². The molecular weight excluding hydrogens is 466 g/mol. The van der Waals surface area contributed by atoms with Crippen LogP contribution in [-0.2, 0) is 14.3 Å². The molecule has 0 aromatic heterocycles. The number of hydrogen-bond donors (Lipinski definition) is 0. The first-order chi connectivity index (χ1) is 15.9. The molecule has 9 nitrogen and oxygen atoms in total. The number of nitro groups is 1. The first kappa shape index (κ1) is 22.9. The molecule has 2 aromatic carbocycles. The van der Waals surface area contributed by atoms with E-state index in [0.717, 1.165) is 17.3 Å². The second-order valence-electron chi connectivity index (χ2n) is 7.14. The normalized spacial score (nSPS) is 17.5. The average molecular weight is 486 g/mol. The number of rotatable bonds is 6. The number of amides is 2. The van der Waals surface area contributed by atoms with E-state index in [9.17, 15) is 19.7 Å². The predicted molar refractivity (Wildman–Crippen MR) is 128 cm³/mol. The molecule has 2 heterocycles. The van der Waals surface area contributed by atoms with Crippen LogP contribution in [0.15, 0.2) is 53.4 Å². The van der Waals surface area contributed by atoms with E-state index in [0.29, 0.717) is 47.0 Å². The molecule has 2 fully saturated rings. The third-order valence-corrected chi connectivity index (χ3v) is 6.32. The highest BCUT2D eigenvalue weighted by Crippen LogP contribution is 2.36. The van der Waals surface area contributed by atoms with Gasteiger partial charge in [0.2, 0.25) is 0 Å². The fourth-order valence-corrected chi connectivity index (χ4v) is 4.57. The van der Waals surface area contributed by atoms with E-state index >= 15 is 0 Å². The van der Waals surface area contributed by atoms with Crippen molar-refractivity contribution >= 4 is 57.6 Å². The largest absolute Gasteiger partial charge is 0.484 e. The quantitative estimate of drug-likeness (QED) is 0.266. The number of nitrogens with zero attached hydrogens (tertiary/aromatic N) is 3. The zero-order chi connectivity index (χ0) is 23.4. The first-order valence-corrected chi connectivity index (χ1v) is 11.3. The van der Waals surface area contributed by atoms with E-state index in [1.165, 1.54) is 29.2 Å². The van der Waals surface area contributed by atoms with Crippen LogP contribution in [0.4, 0.5) is 11.4 Å². The highest BCUT2D eigenvalue weighted by molar-refractivity contribution is 8.27. The predicted octanol–water partition coefficient (Wildman–Crippen LogP) is 3.24. The molecular formula is C22H19N3O6S2. The zero-order valence-electron chi connectivity index (χ0n) is 17.3. The van der Waals surface area contributed by atoms with Gasteiger partial charge in [0.05, 0.1) is 28.7 Å². The van der Waals surface area contributed by atoms with Gasteiger partial charge in [0, 0.05) is 25.2 Å². The fraction of sp³-hybridized carbons (Fsp3) is 0.227. The van der Waals surface area contributed by atoms with Crippen LogP contribution in [0, 0.1) is 10.1 Å². The van der Waals surface area contributed by atoms with Gasteiger partial charge in [-0.3, -0.25) is 24.6 Å². The Balaban J connectivity index is 1.39. The van der Waals surface area contributed by atoms with Crippen molar-refractivity contribution < 1.29 is 24.0 Å². The van der Waals surface area contributed by atoms with E-state index in [-0.39, 0.29) is 24.1 Å². The number of non-ortho nitro benzene ring substituents is 1. The molecule has 0 radical (unpaired) electrons. The third-order valence-electron chi connectivity index (χ3n) is 5.02. The number of carbonyl (C=O) groups is 2. The van der Waals surface area contributed by atoms with Gasteiger partial charge in [0.15, 0.2) is 10.9 Å². The number of benzene rings is 2. The molecule has 170 valence electrons. The molecule has 0 unspecified atom stereocenters. The maximum absolute atomic E-state index is 12.9. The Hall–Kier alpha value is -3.28. The fourth-order valence-electron chi connectivity index (χ4n) is 3.27. The molecule has 0 N–H and O–H groups in total. The SMILES string of the molecule is O=C(COc1ccc(/C=C2\SC(=S)N(c3ccc([N+](=O)[O-])cc3)C2=O)cc1)N1CCOCC1. The standard InChI is InChI=1S/C22H19N3O6S2/c26-20(23-9-11-30-12-10-23)14-31-18-7-1-15(2-8-18)13-19-21(27)24(22(32)33-19)16-3-5-17(6-4-16)25(28)29/h1-8,13H,9-12,14H2/b19-13-. The Kier molecular flexibility index (Phi) is 7.02. The van der Waals surface area contributed by atoms with Gasteiger partial charge in [0.1, 0.15) is 5.75 Å². The molecule has 2 amide bonds. The van der Waals surface area contributed by atoms with Gasteiger partial charge in [-0.2, -0.15) is 0 Å². The van der Waals surface area contributed by atoms with Gasteiger partial charge in [-0.05, 0) is 35.9 Å². The smallest absolute Gasteiger partial charge is 0.270 e. The minimum absolute atomic E-state index is 0.0484. The molecule has 4 rings (SSSR count). The van der Waals surface area contributed by atoms with Gasteiger partial charge >= 0.3 is 0 Å². The van der Waals surface area contributed by atoms with Crippen LogP contribution in [0.25, 0.3) is 6.08 Å².